The van der Waals surface area contributed by atoms with E-state index in [0.717, 1.165) is 24.0 Å². The summed E-state index contributed by atoms with van der Waals surface area (Å²) >= 11 is 6.10. The van der Waals surface area contributed by atoms with Crippen LogP contribution >= 0.6 is 11.6 Å². The first kappa shape index (κ1) is 18.6. The van der Waals surface area contributed by atoms with Crippen LogP contribution in [0, 0.1) is 0 Å². The molecule has 2 aromatic carbocycles. The SMILES string of the molecule is CC(c1ccccc1)S(=O)c1c(S(C)(=O)=O)ccc(C(=O)O)c1Cl. The van der Waals surface area contributed by atoms with Crippen LogP contribution in [0.25, 0.3) is 0 Å². The Balaban J connectivity index is 2.69. The molecule has 0 saturated heterocycles. The van der Waals surface area contributed by atoms with E-state index in [1.807, 2.05) is 0 Å². The Labute approximate surface area is 147 Å². The molecule has 24 heavy (non-hydrogen) atoms. The molecule has 2 rings (SSSR count). The first-order valence-electron chi connectivity index (χ1n) is 6.86. The van der Waals surface area contributed by atoms with Gasteiger partial charge < -0.3 is 5.11 Å². The molecular formula is C16H15ClO5S2. The Morgan fingerprint density at radius 1 is 1.17 bits per heavy atom. The molecule has 0 amide bonds. The van der Waals surface area contributed by atoms with Gasteiger partial charge in [0.2, 0.25) is 0 Å². The fourth-order valence-corrected chi connectivity index (χ4v) is 5.50. The van der Waals surface area contributed by atoms with Gasteiger partial charge in [-0.25, -0.2) is 13.2 Å². The van der Waals surface area contributed by atoms with Crippen molar-refractivity contribution in [3.8, 4) is 0 Å². The maximum atomic E-state index is 13.0. The lowest BCUT2D eigenvalue weighted by molar-refractivity contribution is 0.0696. The zero-order valence-electron chi connectivity index (χ0n) is 12.9. The van der Waals surface area contributed by atoms with Gasteiger partial charge in [0.15, 0.2) is 9.84 Å². The Hall–Kier alpha value is -1.70. The van der Waals surface area contributed by atoms with E-state index < -0.39 is 31.9 Å². The third-order valence-corrected chi connectivity index (χ3v) is 7.00. The minimum Gasteiger partial charge on any atom is -0.478 e. The van der Waals surface area contributed by atoms with Gasteiger partial charge >= 0.3 is 5.97 Å². The van der Waals surface area contributed by atoms with E-state index in [1.54, 1.807) is 37.3 Å². The van der Waals surface area contributed by atoms with Crippen LogP contribution in [0.4, 0.5) is 0 Å². The maximum absolute atomic E-state index is 13.0. The molecule has 2 unspecified atom stereocenters. The lowest BCUT2D eigenvalue weighted by atomic mass is 10.2. The average molecular weight is 387 g/mol. The lowest BCUT2D eigenvalue weighted by Gasteiger charge is -2.17. The molecule has 128 valence electrons. The van der Waals surface area contributed by atoms with Gasteiger partial charge in [-0.1, -0.05) is 41.9 Å². The van der Waals surface area contributed by atoms with Gasteiger partial charge in [0.25, 0.3) is 0 Å². The molecular weight excluding hydrogens is 372 g/mol. The number of benzene rings is 2. The Bertz CT molecular complexity index is 908. The molecule has 5 nitrogen and oxygen atoms in total. The number of sulfone groups is 1. The molecule has 0 aliphatic rings. The van der Waals surface area contributed by atoms with Crippen molar-refractivity contribution >= 4 is 38.2 Å². The number of carbonyl (C=O) groups is 1. The van der Waals surface area contributed by atoms with Crippen molar-refractivity contribution in [2.75, 3.05) is 6.26 Å². The van der Waals surface area contributed by atoms with Crippen LogP contribution in [-0.2, 0) is 20.6 Å². The van der Waals surface area contributed by atoms with Crippen LogP contribution in [0.3, 0.4) is 0 Å². The van der Waals surface area contributed by atoms with Gasteiger partial charge in [-0.2, -0.15) is 0 Å². The minimum absolute atomic E-state index is 0.171. The monoisotopic (exact) mass is 386 g/mol. The molecule has 2 atom stereocenters. The van der Waals surface area contributed by atoms with Crippen molar-refractivity contribution in [1.29, 1.82) is 0 Å². The summed E-state index contributed by atoms with van der Waals surface area (Å²) in [6, 6.07) is 11.1. The van der Waals surface area contributed by atoms with Crippen molar-refractivity contribution in [2.45, 2.75) is 22.0 Å². The first-order chi connectivity index (χ1) is 11.1. The summed E-state index contributed by atoms with van der Waals surface area (Å²) in [4.78, 5) is 10.9. The summed E-state index contributed by atoms with van der Waals surface area (Å²) in [6.45, 7) is 1.67. The fraction of sp³-hybridized carbons (Fsp3) is 0.188. The van der Waals surface area contributed by atoms with Gasteiger partial charge in [-0.05, 0) is 24.6 Å². The second-order valence-corrected chi connectivity index (χ2v) is 9.25. The van der Waals surface area contributed by atoms with Crippen LogP contribution in [0.1, 0.15) is 28.1 Å². The molecule has 2 aromatic rings. The molecule has 0 fully saturated rings. The summed E-state index contributed by atoms with van der Waals surface area (Å²) in [7, 11) is -5.58. The molecule has 0 aliphatic carbocycles. The molecule has 0 spiro atoms. The van der Waals surface area contributed by atoms with Crippen molar-refractivity contribution in [2.24, 2.45) is 0 Å². The zero-order valence-corrected chi connectivity index (χ0v) is 15.3. The van der Waals surface area contributed by atoms with E-state index in [4.69, 9.17) is 11.6 Å². The Morgan fingerprint density at radius 2 is 1.75 bits per heavy atom. The van der Waals surface area contributed by atoms with Crippen LogP contribution in [0.2, 0.25) is 5.02 Å². The highest BCUT2D eigenvalue weighted by molar-refractivity contribution is 7.92. The molecule has 0 aromatic heterocycles. The van der Waals surface area contributed by atoms with Gasteiger partial charge in [0.05, 0.1) is 36.4 Å². The topological polar surface area (TPSA) is 88.5 Å². The van der Waals surface area contributed by atoms with E-state index in [9.17, 15) is 22.5 Å². The smallest absolute Gasteiger partial charge is 0.337 e. The average Bonchev–Trinajstić information content (AvgIpc) is 2.52. The fourth-order valence-electron chi connectivity index (χ4n) is 2.21. The first-order valence-corrected chi connectivity index (χ1v) is 10.3. The summed E-state index contributed by atoms with van der Waals surface area (Å²) in [5, 5.41) is 8.31. The van der Waals surface area contributed by atoms with E-state index in [2.05, 4.69) is 0 Å². The van der Waals surface area contributed by atoms with Crippen LogP contribution < -0.4 is 0 Å². The second-order valence-electron chi connectivity index (χ2n) is 5.18. The standard InChI is InChI=1S/C16H15ClO5S2/c1-10(11-6-4-3-5-7-11)23(20)15-13(24(2,21)22)9-8-12(14(15)17)16(18)19/h3-10H,1-2H3,(H,18,19). The van der Waals surface area contributed by atoms with E-state index in [-0.39, 0.29) is 20.4 Å². The molecule has 0 bridgehead atoms. The van der Waals surface area contributed by atoms with Crippen LogP contribution in [0.5, 0.6) is 0 Å². The third kappa shape index (κ3) is 3.68. The van der Waals surface area contributed by atoms with E-state index in [0.29, 0.717) is 0 Å². The predicted octanol–water partition coefficient (Wildman–Crippen LogP) is 3.31. The molecule has 0 saturated carbocycles. The third-order valence-electron chi connectivity index (χ3n) is 3.48. The number of hydrogen-bond donors (Lipinski definition) is 1. The number of carboxylic acids is 1. The molecule has 8 heteroatoms. The normalized spacial score (nSPS) is 14.1. The largest absolute Gasteiger partial charge is 0.478 e. The highest BCUT2D eigenvalue weighted by Crippen LogP contribution is 2.36. The summed E-state index contributed by atoms with van der Waals surface area (Å²) in [6.07, 6.45) is 0.965. The van der Waals surface area contributed by atoms with Gasteiger partial charge in [0.1, 0.15) is 0 Å². The number of halogens is 1. The summed E-state index contributed by atoms with van der Waals surface area (Å²) in [5.41, 5.74) is 0.444. The van der Waals surface area contributed by atoms with Crippen molar-refractivity contribution in [1.82, 2.24) is 0 Å². The van der Waals surface area contributed by atoms with Gasteiger partial charge in [-0.15, -0.1) is 0 Å². The molecule has 1 N–H and O–H groups in total. The maximum Gasteiger partial charge on any atom is 0.337 e. The predicted molar refractivity (Wildman–Crippen MR) is 92.8 cm³/mol. The Morgan fingerprint density at radius 3 is 2.25 bits per heavy atom. The molecule has 0 heterocycles. The summed E-state index contributed by atoms with van der Waals surface area (Å²) in [5.74, 6) is -1.31. The minimum atomic E-state index is -3.73. The number of rotatable bonds is 5. The van der Waals surface area contributed by atoms with E-state index in [1.165, 1.54) is 0 Å². The molecule has 0 aliphatic heterocycles. The number of hydrogen-bond acceptors (Lipinski definition) is 4. The highest BCUT2D eigenvalue weighted by atomic mass is 35.5. The second kappa shape index (κ2) is 7.04. The van der Waals surface area contributed by atoms with Gasteiger partial charge in [0, 0.05) is 6.26 Å². The highest BCUT2D eigenvalue weighted by Gasteiger charge is 2.28. The van der Waals surface area contributed by atoms with Crippen molar-refractivity contribution in [3.63, 3.8) is 0 Å². The van der Waals surface area contributed by atoms with E-state index >= 15 is 0 Å². The quantitative estimate of drug-likeness (QED) is 0.851. The van der Waals surface area contributed by atoms with Crippen LogP contribution in [-0.4, -0.2) is 30.0 Å². The Kier molecular flexibility index (Phi) is 5.47. The summed E-state index contributed by atoms with van der Waals surface area (Å²) < 4.78 is 37.0. The van der Waals surface area contributed by atoms with Crippen molar-refractivity contribution in [3.05, 3.63) is 58.6 Å². The number of carboxylic acid groups (broad SMARTS) is 1. The van der Waals surface area contributed by atoms with Gasteiger partial charge in [-0.3, -0.25) is 4.21 Å². The molecule has 0 radical (unpaired) electrons. The zero-order chi connectivity index (χ0) is 18.1. The lowest BCUT2D eigenvalue weighted by Crippen LogP contribution is -2.12. The van der Waals surface area contributed by atoms with Crippen LogP contribution in [0.15, 0.2) is 52.3 Å². The van der Waals surface area contributed by atoms with Crippen molar-refractivity contribution < 1.29 is 22.5 Å². The number of aromatic carboxylic acids is 1.